The van der Waals surface area contributed by atoms with Crippen LogP contribution in [0.3, 0.4) is 0 Å². The molecule has 146 valence electrons. The number of rotatable bonds is 5. The Morgan fingerprint density at radius 3 is 2.27 bits per heavy atom. The van der Waals surface area contributed by atoms with Crippen molar-refractivity contribution in [3.05, 3.63) is 11.8 Å². The van der Waals surface area contributed by atoms with Gasteiger partial charge in [0.15, 0.2) is 5.03 Å². The average molecular weight is 390 g/mol. The zero-order chi connectivity index (χ0) is 18.3. The topological polar surface area (TPSA) is 67.7 Å². The van der Waals surface area contributed by atoms with Crippen LogP contribution >= 0.6 is 0 Å². The van der Waals surface area contributed by atoms with E-state index in [0.29, 0.717) is 32.2 Å². The predicted molar refractivity (Wildman–Crippen MR) is 89.6 cm³/mol. The molecular formula is C16H24F2N4O3S. The lowest BCUT2D eigenvalue weighted by Crippen LogP contribution is -2.53. The minimum absolute atomic E-state index is 0.0733. The smallest absolute Gasteiger partial charge is 0.282 e. The molecule has 0 N–H and O–H groups in total. The third kappa shape index (κ3) is 3.51. The van der Waals surface area contributed by atoms with Gasteiger partial charge >= 0.3 is 0 Å². The van der Waals surface area contributed by atoms with Crippen molar-refractivity contribution in [1.29, 1.82) is 0 Å². The fourth-order valence-corrected chi connectivity index (χ4v) is 5.37. The quantitative estimate of drug-likeness (QED) is 0.765. The third-order valence-corrected chi connectivity index (χ3v) is 7.30. The Hall–Kier alpha value is -1.10. The van der Waals surface area contributed by atoms with E-state index >= 15 is 0 Å². The summed E-state index contributed by atoms with van der Waals surface area (Å²) in [5.41, 5.74) is -0.462. The van der Waals surface area contributed by atoms with Crippen LogP contribution < -0.4 is 0 Å². The Morgan fingerprint density at radius 2 is 1.69 bits per heavy atom. The summed E-state index contributed by atoms with van der Waals surface area (Å²) in [5, 5.41) is 3.77. The Balaban J connectivity index is 1.49. The number of hydrogen-bond donors (Lipinski definition) is 0. The molecule has 4 rings (SSSR count). The van der Waals surface area contributed by atoms with Gasteiger partial charge in [0.25, 0.3) is 16.4 Å². The van der Waals surface area contributed by atoms with E-state index in [-0.39, 0.29) is 11.1 Å². The molecule has 26 heavy (non-hydrogen) atoms. The van der Waals surface area contributed by atoms with E-state index in [1.807, 2.05) is 0 Å². The van der Waals surface area contributed by atoms with Crippen molar-refractivity contribution >= 4 is 10.0 Å². The number of piperazine rings is 1. The van der Waals surface area contributed by atoms with Gasteiger partial charge in [-0.1, -0.05) is 0 Å². The van der Waals surface area contributed by atoms with Gasteiger partial charge in [-0.2, -0.15) is 9.40 Å². The van der Waals surface area contributed by atoms with Gasteiger partial charge < -0.3 is 4.74 Å². The van der Waals surface area contributed by atoms with Crippen LogP contribution in [0.15, 0.2) is 11.1 Å². The standard InChI is InChI=1S/C16H24F2N4O3S/c17-16(18)14-11-15(22(19-14)13-1-2-13)26(23,24)21-7-5-20(6-8-21)12-3-9-25-10-4-12/h11-13,16H,1-10H2. The number of alkyl halides is 2. The minimum atomic E-state index is -3.82. The van der Waals surface area contributed by atoms with Gasteiger partial charge in [0.2, 0.25) is 0 Å². The Morgan fingerprint density at radius 1 is 1.04 bits per heavy atom. The molecule has 10 heteroatoms. The van der Waals surface area contributed by atoms with Crippen LogP contribution in [0.5, 0.6) is 0 Å². The van der Waals surface area contributed by atoms with Crippen molar-refractivity contribution in [3.8, 4) is 0 Å². The zero-order valence-electron chi connectivity index (χ0n) is 14.6. The summed E-state index contributed by atoms with van der Waals surface area (Å²) >= 11 is 0. The molecule has 3 aliphatic rings. The number of aromatic nitrogens is 2. The van der Waals surface area contributed by atoms with E-state index in [4.69, 9.17) is 4.74 Å². The highest BCUT2D eigenvalue weighted by Crippen LogP contribution is 2.38. The second kappa shape index (κ2) is 7.14. The summed E-state index contributed by atoms with van der Waals surface area (Å²) in [6.45, 7) is 3.56. The molecule has 3 heterocycles. The van der Waals surface area contributed by atoms with E-state index in [2.05, 4.69) is 10.00 Å². The molecule has 0 aromatic carbocycles. The molecule has 1 saturated carbocycles. The molecule has 1 aromatic rings. The van der Waals surface area contributed by atoms with Gasteiger partial charge in [-0.25, -0.2) is 21.9 Å². The number of ether oxygens (including phenoxy) is 1. The molecule has 0 unspecified atom stereocenters. The normalized spacial score (nSPS) is 24.4. The maximum absolute atomic E-state index is 13.0. The van der Waals surface area contributed by atoms with E-state index in [0.717, 1.165) is 45.0 Å². The first-order valence-electron chi connectivity index (χ1n) is 9.16. The summed E-state index contributed by atoms with van der Waals surface area (Å²) in [7, 11) is -3.82. The van der Waals surface area contributed by atoms with Crippen LogP contribution in [-0.2, 0) is 14.8 Å². The van der Waals surface area contributed by atoms with E-state index in [1.54, 1.807) is 0 Å². The molecule has 2 aliphatic heterocycles. The Bertz CT molecular complexity index is 737. The highest BCUT2D eigenvalue weighted by Gasteiger charge is 2.38. The average Bonchev–Trinajstić information content (AvgIpc) is 3.39. The molecule has 0 spiro atoms. The first kappa shape index (κ1) is 18.3. The fourth-order valence-electron chi connectivity index (χ4n) is 3.77. The number of sulfonamides is 1. The summed E-state index contributed by atoms with van der Waals surface area (Å²) in [6.07, 6.45) is 0.738. The molecule has 1 aromatic heterocycles. The number of nitrogens with zero attached hydrogens (tertiary/aromatic N) is 4. The minimum Gasteiger partial charge on any atom is -0.381 e. The van der Waals surface area contributed by atoms with Crippen molar-refractivity contribution < 1.29 is 21.9 Å². The lowest BCUT2D eigenvalue weighted by atomic mass is 10.1. The van der Waals surface area contributed by atoms with Gasteiger partial charge in [0.1, 0.15) is 5.69 Å². The summed E-state index contributed by atoms with van der Waals surface area (Å²) in [5.74, 6) is 0. The largest absolute Gasteiger partial charge is 0.381 e. The monoisotopic (exact) mass is 390 g/mol. The lowest BCUT2D eigenvalue weighted by Gasteiger charge is -2.40. The van der Waals surface area contributed by atoms with Crippen LogP contribution in [0.4, 0.5) is 8.78 Å². The van der Waals surface area contributed by atoms with Gasteiger partial charge in [-0.05, 0) is 25.7 Å². The van der Waals surface area contributed by atoms with Crippen molar-refractivity contribution in [2.45, 2.75) is 49.2 Å². The molecule has 2 saturated heterocycles. The number of hydrogen-bond acceptors (Lipinski definition) is 5. The first-order valence-corrected chi connectivity index (χ1v) is 10.6. The first-order chi connectivity index (χ1) is 12.5. The van der Waals surface area contributed by atoms with Gasteiger partial charge in [-0.15, -0.1) is 0 Å². The highest BCUT2D eigenvalue weighted by molar-refractivity contribution is 7.89. The fraction of sp³-hybridized carbons (Fsp3) is 0.812. The summed E-state index contributed by atoms with van der Waals surface area (Å²) in [4.78, 5) is 2.32. The Kier molecular flexibility index (Phi) is 5.02. The summed E-state index contributed by atoms with van der Waals surface area (Å²) < 4.78 is 60.2. The van der Waals surface area contributed by atoms with E-state index in [1.165, 1.54) is 8.99 Å². The molecule has 7 nitrogen and oxygen atoms in total. The van der Waals surface area contributed by atoms with Gasteiger partial charge in [0, 0.05) is 51.5 Å². The van der Waals surface area contributed by atoms with Crippen LogP contribution in [0.2, 0.25) is 0 Å². The second-order valence-corrected chi connectivity index (χ2v) is 9.05. The molecule has 0 amide bonds. The molecule has 0 radical (unpaired) electrons. The Labute approximate surface area is 151 Å². The molecule has 0 atom stereocenters. The van der Waals surface area contributed by atoms with Crippen LogP contribution in [0.1, 0.15) is 43.8 Å². The predicted octanol–water partition coefficient (Wildman–Crippen LogP) is 1.64. The van der Waals surface area contributed by atoms with Crippen LogP contribution in [0, 0.1) is 0 Å². The molecule has 3 fully saturated rings. The van der Waals surface area contributed by atoms with Gasteiger partial charge in [0.05, 0.1) is 6.04 Å². The zero-order valence-corrected chi connectivity index (χ0v) is 15.4. The van der Waals surface area contributed by atoms with Crippen molar-refractivity contribution in [3.63, 3.8) is 0 Å². The van der Waals surface area contributed by atoms with Crippen LogP contribution in [0.25, 0.3) is 0 Å². The number of halogens is 2. The van der Waals surface area contributed by atoms with Crippen LogP contribution in [-0.4, -0.2) is 72.8 Å². The lowest BCUT2D eigenvalue weighted by molar-refractivity contribution is 0.0229. The maximum Gasteiger partial charge on any atom is 0.282 e. The third-order valence-electron chi connectivity index (χ3n) is 5.42. The van der Waals surface area contributed by atoms with Crippen molar-refractivity contribution in [2.24, 2.45) is 0 Å². The van der Waals surface area contributed by atoms with Crippen molar-refractivity contribution in [1.82, 2.24) is 19.0 Å². The summed E-state index contributed by atoms with van der Waals surface area (Å²) in [6, 6.07) is 1.41. The molecular weight excluding hydrogens is 366 g/mol. The highest BCUT2D eigenvalue weighted by atomic mass is 32.2. The SMILES string of the molecule is O=S(=O)(c1cc(C(F)F)nn1C1CC1)N1CCN(C2CCOCC2)CC1. The van der Waals surface area contributed by atoms with Crippen molar-refractivity contribution in [2.75, 3.05) is 39.4 Å². The van der Waals surface area contributed by atoms with E-state index in [9.17, 15) is 17.2 Å². The maximum atomic E-state index is 13.0. The molecule has 0 bridgehead atoms. The second-order valence-electron chi connectivity index (χ2n) is 7.17. The molecule has 1 aliphatic carbocycles. The van der Waals surface area contributed by atoms with E-state index < -0.39 is 22.1 Å². The van der Waals surface area contributed by atoms with Gasteiger partial charge in [-0.3, -0.25) is 4.90 Å².